The molecule has 0 aliphatic carbocycles. The third-order valence-corrected chi connectivity index (χ3v) is 4.38. The largest absolute Gasteiger partial charge is 0.491 e. The number of amides is 1. The molecule has 0 bridgehead atoms. The van der Waals surface area contributed by atoms with Crippen molar-refractivity contribution < 1.29 is 9.53 Å². The lowest BCUT2D eigenvalue weighted by atomic mass is 10.2. The van der Waals surface area contributed by atoms with E-state index in [-0.39, 0.29) is 5.91 Å². The van der Waals surface area contributed by atoms with Gasteiger partial charge in [0, 0.05) is 45.1 Å². The topological polar surface area (TPSA) is 45.7 Å². The molecule has 1 aromatic carbocycles. The number of rotatable bonds is 5. The van der Waals surface area contributed by atoms with E-state index in [0.29, 0.717) is 22.9 Å². The predicted octanol–water partition coefficient (Wildman–Crippen LogP) is 2.57. The molecule has 1 saturated heterocycles. The summed E-state index contributed by atoms with van der Waals surface area (Å²) in [6.45, 7) is 4.54. The van der Waals surface area contributed by atoms with Crippen LogP contribution in [0.2, 0.25) is 5.02 Å². The number of carbonyl (C=O) groups is 1. The maximum atomic E-state index is 12.4. The number of hydrogen-bond donors (Lipinski definition) is 0. The minimum Gasteiger partial charge on any atom is -0.491 e. The van der Waals surface area contributed by atoms with Gasteiger partial charge in [-0.25, -0.2) is 0 Å². The second kappa shape index (κ2) is 8.13. The second-order valence-electron chi connectivity index (χ2n) is 5.65. The van der Waals surface area contributed by atoms with E-state index >= 15 is 0 Å². The number of aromatic nitrogens is 1. The Labute approximate surface area is 146 Å². The van der Waals surface area contributed by atoms with Crippen molar-refractivity contribution in [1.29, 1.82) is 0 Å². The maximum absolute atomic E-state index is 12.4. The summed E-state index contributed by atoms with van der Waals surface area (Å²) in [6.07, 6.45) is 3.29. The highest BCUT2D eigenvalue weighted by Crippen LogP contribution is 2.22. The van der Waals surface area contributed by atoms with Gasteiger partial charge in [-0.05, 0) is 24.3 Å². The first-order valence-electron chi connectivity index (χ1n) is 8.03. The fourth-order valence-corrected chi connectivity index (χ4v) is 2.88. The number of carbonyl (C=O) groups excluding carboxylic acids is 1. The fourth-order valence-electron chi connectivity index (χ4n) is 2.69. The molecule has 0 unspecified atom stereocenters. The van der Waals surface area contributed by atoms with E-state index in [9.17, 15) is 4.79 Å². The van der Waals surface area contributed by atoms with E-state index < -0.39 is 0 Å². The summed E-state index contributed by atoms with van der Waals surface area (Å²) in [6, 6.07) is 11.1. The lowest BCUT2D eigenvalue weighted by Crippen LogP contribution is -2.49. The predicted molar refractivity (Wildman–Crippen MR) is 93.5 cm³/mol. The van der Waals surface area contributed by atoms with Gasteiger partial charge in [0.1, 0.15) is 12.4 Å². The van der Waals surface area contributed by atoms with E-state index in [2.05, 4.69) is 9.88 Å². The summed E-state index contributed by atoms with van der Waals surface area (Å²) in [5, 5.41) is 0.629. The Morgan fingerprint density at radius 2 is 1.92 bits per heavy atom. The molecule has 24 heavy (non-hydrogen) atoms. The molecule has 1 aromatic heterocycles. The molecule has 2 aromatic rings. The van der Waals surface area contributed by atoms with Gasteiger partial charge in [0.15, 0.2) is 0 Å². The van der Waals surface area contributed by atoms with Gasteiger partial charge in [-0.2, -0.15) is 0 Å². The van der Waals surface area contributed by atoms with E-state index in [4.69, 9.17) is 16.3 Å². The molecule has 3 rings (SSSR count). The van der Waals surface area contributed by atoms with Crippen LogP contribution in [0.25, 0.3) is 0 Å². The van der Waals surface area contributed by atoms with E-state index in [0.717, 1.165) is 32.7 Å². The molecular formula is C18H20ClN3O2. The Morgan fingerprint density at radius 3 is 2.62 bits per heavy atom. The van der Waals surface area contributed by atoms with Gasteiger partial charge in [-0.3, -0.25) is 14.7 Å². The quantitative estimate of drug-likeness (QED) is 0.835. The minimum absolute atomic E-state index is 0.0510. The zero-order valence-electron chi connectivity index (χ0n) is 13.4. The molecule has 1 fully saturated rings. The van der Waals surface area contributed by atoms with Crippen LogP contribution in [0.5, 0.6) is 5.75 Å². The first-order valence-corrected chi connectivity index (χ1v) is 8.41. The number of piperazine rings is 1. The lowest BCUT2D eigenvalue weighted by Gasteiger charge is -2.34. The van der Waals surface area contributed by atoms with Crippen molar-refractivity contribution in [1.82, 2.24) is 14.8 Å². The summed E-state index contributed by atoms with van der Waals surface area (Å²) < 4.78 is 5.72. The van der Waals surface area contributed by atoms with Crippen LogP contribution in [0.4, 0.5) is 0 Å². The Kier molecular flexibility index (Phi) is 5.67. The summed E-state index contributed by atoms with van der Waals surface area (Å²) in [4.78, 5) is 20.6. The molecule has 0 saturated carbocycles. The molecular weight excluding hydrogens is 326 g/mol. The SMILES string of the molecule is O=C(c1cccnc1)N1CCN(CCOc2ccccc2Cl)CC1. The van der Waals surface area contributed by atoms with Crippen LogP contribution in [0.3, 0.4) is 0 Å². The summed E-state index contributed by atoms with van der Waals surface area (Å²) >= 11 is 6.07. The molecule has 1 aliphatic rings. The van der Waals surface area contributed by atoms with Gasteiger partial charge >= 0.3 is 0 Å². The van der Waals surface area contributed by atoms with Gasteiger partial charge < -0.3 is 9.64 Å². The molecule has 6 heteroatoms. The van der Waals surface area contributed by atoms with Crippen molar-refractivity contribution in [2.45, 2.75) is 0 Å². The number of benzene rings is 1. The molecule has 0 atom stereocenters. The van der Waals surface area contributed by atoms with E-state index in [1.807, 2.05) is 29.2 Å². The third-order valence-electron chi connectivity index (χ3n) is 4.07. The van der Waals surface area contributed by atoms with Crippen molar-refractivity contribution in [3.63, 3.8) is 0 Å². The normalized spacial score (nSPS) is 15.3. The smallest absolute Gasteiger partial charge is 0.255 e. The molecule has 126 valence electrons. The zero-order chi connectivity index (χ0) is 16.8. The summed E-state index contributed by atoms with van der Waals surface area (Å²) in [5.74, 6) is 0.764. The number of halogens is 1. The summed E-state index contributed by atoms with van der Waals surface area (Å²) in [5.41, 5.74) is 0.646. The highest BCUT2D eigenvalue weighted by atomic mass is 35.5. The maximum Gasteiger partial charge on any atom is 0.255 e. The number of para-hydroxylation sites is 1. The first-order chi connectivity index (χ1) is 11.7. The lowest BCUT2D eigenvalue weighted by molar-refractivity contribution is 0.0620. The zero-order valence-corrected chi connectivity index (χ0v) is 14.2. The standard InChI is InChI=1S/C18H20ClN3O2/c19-16-5-1-2-6-17(16)24-13-12-21-8-10-22(11-9-21)18(23)15-4-3-7-20-14-15/h1-7,14H,8-13H2. The van der Waals surface area contributed by atoms with Crippen molar-refractivity contribution in [2.75, 3.05) is 39.3 Å². The second-order valence-corrected chi connectivity index (χ2v) is 6.06. The van der Waals surface area contributed by atoms with Gasteiger partial charge in [-0.1, -0.05) is 23.7 Å². The molecule has 5 nitrogen and oxygen atoms in total. The number of nitrogens with zero attached hydrogens (tertiary/aromatic N) is 3. The van der Waals surface area contributed by atoms with Crippen LogP contribution in [0, 0.1) is 0 Å². The minimum atomic E-state index is 0.0510. The Bertz CT molecular complexity index is 673. The van der Waals surface area contributed by atoms with Gasteiger partial charge in [0.2, 0.25) is 0 Å². The third kappa shape index (κ3) is 4.24. The van der Waals surface area contributed by atoms with Gasteiger partial charge in [-0.15, -0.1) is 0 Å². The summed E-state index contributed by atoms with van der Waals surface area (Å²) in [7, 11) is 0. The number of hydrogen-bond acceptors (Lipinski definition) is 4. The van der Waals surface area contributed by atoms with E-state index in [1.54, 1.807) is 24.5 Å². The highest BCUT2D eigenvalue weighted by molar-refractivity contribution is 6.32. The van der Waals surface area contributed by atoms with Crippen LogP contribution < -0.4 is 4.74 Å². The Balaban J connectivity index is 1.42. The van der Waals surface area contributed by atoms with Crippen LogP contribution >= 0.6 is 11.6 Å². The van der Waals surface area contributed by atoms with E-state index in [1.165, 1.54) is 0 Å². The number of ether oxygens (including phenoxy) is 1. The van der Waals surface area contributed by atoms with Crippen molar-refractivity contribution >= 4 is 17.5 Å². The average molecular weight is 346 g/mol. The van der Waals surface area contributed by atoms with Crippen LogP contribution in [0.1, 0.15) is 10.4 Å². The molecule has 0 spiro atoms. The number of pyridine rings is 1. The first kappa shape index (κ1) is 16.7. The Hall–Kier alpha value is -2.11. The molecule has 1 amide bonds. The van der Waals surface area contributed by atoms with Gasteiger partial charge in [0.05, 0.1) is 10.6 Å². The molecule has 0 radical (unpaired) electrons. The monoisotopic (exact) mass is 345 g/mol. The van der Waals surface area contributed by atoms with Crippen LogP contribution in [0.15, 0.2) is 48.8 Å². The molecule has 0 N–H and O–H groups in total. The average Bonchev–Trinajstić information content (AvgIpc) is 2.64. The van der Waals surface area contributed by atoms with Crippen molar-refractivity contribution in [3.8, 4) is 5.75 Å². The highest BCUT2D eigenvalue weighted by Gasteiger charge is 2.22. The van der Waals surface area contributed by atoms with Crippen molar-refractivity contribution in [2.24, 2.45) is 0 Å². The van der Waals surface area contributed by atoms with Crippen LogP contribution in [-0.4, -0.2) is 60.0 Å². The fraction of sp³-hybridized carbons (Fsp3) is 0.333. The van der Waals surface area contributed by atoms with Crippen LogP contribution in [-0.2, 0) is 0 Å². The van der Waals surface area contributed by atoms with Crippen molar-refractivity contribution in [3.05, 3.63) is 59.4 Å². The molecule has 1 aliphatic heterocycles. The Morgan fingerprint density at radius 1 is 1.12 bits per heavy atom. The van der Waals surface area contributed by atoms with Gasteiger partial charge in [0.25, 0.3) is 5.91 Å². The molecule has 2 heterocycles.